The lowest BCUT2D eigenvalue weighted by Gasteiger charge is -2.19. The van der Waals surface area contributed by atoms with E-state index < -0.39 is 5.97 Å². The molecule has 2 N–H and O–H groups in total. The first-order valence-electron chi connectivity index (χ1n) is 5.82. The number of hydrogen-bond acceptors (Lipinski definition) is 2. The standard InChI is InChI=1S/C14H18N2O3/c1-9(2)8-16(4)14(19)15-12-7-5-6-11(10(12)3)13(17)18/h5-7H,1,8H2,2-4H3,(H,15,19)(H,17,18). The van der Waals surface area contributed by atoms with Crippen molar-refractivity contribution in [3.63, 3.8) is 0 Å². The van der Waals surface area contributed by atoms with Crippen LogP contribution in [0.4, 0.5) is 10.5 Å². The molecule has 0 heterocycles. The van der Waals surface area contributed by atoms with Gasteiger partial charge < -0.3 is 15.3 Å². The average Bonchev–Trinajstić information content (AvgIpc) is 2.30. The molecule has 0 saturated heterocycles. The third-order valence-electron chi connectivity index (χ3n) is 2.66. The Morgan fingerprint density at radius 2 is 2.05 bits per heavy atom. The van der Waals surface area contributed by atoms with Gasteiger partial charge in [0.25, 0.3) is 0 Å². The first-order valence-corrected chi connectivity index (χ1v) is 5.82. The van der Waals surface area contributed by atoms with Crippen LogP contribution in [-0.2, 0) is 0 Å². The smallest absolute Gasteiger partial charge is 0.336 e. The first-order chi connectivity index (χ1) is 8.82. The Bertz CT molecular complexity index is 523. The molecule has 0 spiro atoms. The maximum Gasteiger partial charge on any atom is 0.336 e. The Morgan fingerprint density at radius 3 is 2.58 bits per heavy atom. The molecule has 1 rings (SSSR count). The van der Waals surface area contributed by atoms with Gasteiger partial charge in [-0.2, -0.15) is 0 Å². The van der Waals surface area contributed by atoms with Crippen LogP contribution in [0.5, 0.6) is 0 Å². The molecule has 0 radical (unpaired) electrons. The SMILES string of the molecule is C=C(C)CN(C)C(=O)Nc1cccc(C(=O)O)c1C. The van der Waals surface area contributed by atoms with Crippen molar-refractivity contribution in [1.82, 2.24) is 4.90 Å². The molecule has 102 valence electrons. The number of nitrogens with one attached hydrogen (secondary N) is 1. The van der Waals surface area contributed by atoms with Crippen molar-refractivity contribution < 1.29 is 14.7 Å². The van der Waals surface area contributed by atoms with E-state index in [0.29, 0.717) is 17.8 Å². The fraction of sp³-hybridized carbons (Fsp3) is 0.286. The molecule has 0 aliphatic heterocycles. The van der Waals surface area contributed by atoms with Crippen LogP contribution in [0.3, 0.4) is 0 Å². The number of carboxylic acids is 1. The van der Waals surface area contributed by atoms with Gasteiger partial charge in [-0.3, -0.25) is 0 Å². The van der Waals surface area contributed by atoms with Gasteiger partial charge in [-0.15, -0.1) is 0 Å². The summed E-state index contributed by atoms with van der Waals surface area (Å²) in [5.74, 6) is -1.01. The number of aromatic carboxylic acids is 1. The molecule has 0 aromatic heterocycles. The highest BCUT2D eigenvalue weighted by atomic mass is 16.4. The van der Waals surface area contributed by atoms with Crippen LogP contribution in [0.15, 0.2) is 30.4 Å². The summed E-state index contributed by atoms with van der Waals surface area (Å²) in [6.07, 6.45) is 0. The van der Waals surface area contributed by atoms with Crippen molar-refractivity contribution >= 4 is 17.7 Å². The topological polar surface area (TPSA) is 69.6 Å². The van der Waals surface area contributed by atoms with Crippen LogP contribution in [0.2, 0.25) is 0 Å². The number of carbonyl (C=O) groups excluding carboxylic acids is 1. The number of benzene rings is 1. The molecule has 5 heteroatoms. The van der Waals surface area contributed by atoms with Crippen LogP contribution in [0.25, 0.3) is 0 Å². The average molecular weight is 262 g/mol. The summed E-state index contributed by atoms with van der Waals surface area (Å²) < 4.78 is 0. The van der Waals surface area contributed by atoms with Crippen molar-refractivity contribution in [3.8, 4) is 0 Å². The maximum atomic E-state index is 11.9. The van der Waals surface area contributed by atoms with Crippen molar-refractivity contribution in [2.45, 2.75) is 13.8 Å². The van der Waals surface area contributed by atoms with Crippen molar-refractivity contribution in [1.29, 1.82) is 0 Å². The third kappa shape index (κ3) is 3.84. The van der Waals surface area contributed by atoms with E-state index in [0.717, 1.165) is 5.57 Å². The number of nitrogens with zero attached hydrogens (tertiary/aromatic N) is 1. The lowest BCUT2D eigenvalue weighted by atomic mass is 10.1. The molecule has 1 aromatic carbocycles. The Hall–Kier alpha value is -2.30. The first kappa shape index (κ1) is 14.8. The van der Waals surface area contributed by atoms with E-state index in [1.165, 1.54) is 11.0 Å². The zero-order valence-corrected chi connectivity index (χ0v) is 11.4. The lowest BCUT2D eigenvalue weighted by molar-refractivity contribution is 0.0696. The van der Waals surface area contributed by atoms with E-state index in [1.54, 1.807) is 26.1 Å². The molecule has 0 bridgehead atoms. The Kier molecular flexibility index (Phi) is 4.69. The largest absolute Gasteiger partial charge is 0.478 e. The molecule has 0 atom stereocenters. The normalized spacial score (nSPS) is 9.84. The van der Waals surface area contributed by atoms with Crippen LogP contribution in [0.1, 0.15) is 22.8 Å². The minimum absolute atomic E-state index is 0.181. The molecular weight excluding hydrogens is 244 g/mol. The molecule has 5 nitrogen and oxygen atoms in total. The van der Waals surface area contributed by atoms with Gasteiger partial charge in [-0.1, -0.05) is 18.2 Å². The van der Waals surface area contributed by atoms with E-state index in [9.17, 15) is 9.59 Å². The van der Waals surface area contributed by atoms with Gasteiger partial charge in [0.15, 0.2) is 0 Å². The van der Waals surface area contributed by atoms with E-state index in [1.807, 2.05) is 6.92 Å². The molecule has 0 aliphatic carbocycles. The quantitative estimate of drug-likeness (QED) is 0.820. The molecule has 0 aliphatic rings. The zero-order valence-electron chi connectivity index (χ0n) is 11.4. The van der Waals surface area contributed by atoms with Gasteiger partial charge in [-0.05, 0) is 31.5 Å². The fourth-order valence-corrected chi connectivity index (χ4v) is 1.69. The van der Waals surface area contributed by atoms with E-state index in [4.69, 9.17) is 5.11 Å². The van der Waals surface area contributed by atoms with Crippen molar-refractivity contribution in [3.05, 3.63) is 41.5 Å². The second kappa shape index (κ2) is 6.04. The van der Waals surface area contributed by atoms with Crippen LogP contribution in [0, 0.1) is 6.92 Å². The van der Waals surface area contributed by atoms with Gasteiger partial charge >= 0.3 is 12.0 Å². The Labute approximate surface area is 112 Å². The second-order valence-electron chi connectivity index (χ2n) is 4.53. The van der Waals surface area contributed by atoms with Crippen molar-refractivity contribution in [2.24, 2.45) is 0 Å². The summed E-state index contributed by atoms with van der Waals surface area (Å²) in [6, 6.07) is 4.48. The number of urea groups is 1. The van der Waals surface area contributed by atoms with Crippen LogP contribution >= 0.6 is 0 Å². The predicted molar refractivity (Wildman–Crippen MR) is 74.6 cm³/mol. The molecule has 0 saturated carbocycles. The Morgan fingerprint density at radius 1 is 1.42 bits per heavy atom. The number of carbonyl (C=O) groups is 2. The van der Waals surface area contributed by atoms with Gasteiger partial charge in [0.05, 0.1) is 5.56 Å². The van der Waals surface area contributed by atoms with Gasteiger partial charge in [0.1, 0.15) is 0 Å². The summed E-state index contributed by atoms with van der Waals surface area (Å²) >= 11 is 0. The molecular formula is C14H18N2O3. The molecule has 0 unspecified atom stereocenters. The van der Waals surface area contributed by atoms with E-state index in [2.05, 4.69) is 11.9 Å². The zero-order chi connectivity index (χ0) is 14.6. The predicted octanol–water partition coefficient (Wildman–Crippen LogP) is 2.73. The number of likely N-dealkylation sites (N-methyl/N-ethyl adjacent to an activating group) is 1. The maximum absolute atomic E-state index is 11.9. The summed E-state index contributed by atoms with van der Waals surface area (Å²) in [4.78, 5) is 24.4. The highest BCUT2D eigenvalue weighted by molar-refractivity contribution is 5.95. The number of amides is 2. The second-order valence-corrected chi connectivity index (χ2v) is 4.53. The van der Waals surface area contributed by atoms with Crippen molar-refractivity contribution in [2.75, 3.05) is 18.9 Å². The summed E-state index contributed by atoms with van der Waals surface area (Å²) in [6.45, 7) is 7.69. The van der Waals surface area contributed by atoms with Crippen LogP contribution in [-0.4, -0.2) is 35.6 Å². The monoisotopic (exact) mass is 262 g/mol. The molecule has 0 fully saturated rings. The Balaban J connectivity index is 2.88. The number of rotatable bonds is 4. The fourth-order valence-electron chi connectivity index (χ4n) is 1.69. The molecule has 2 amide bonds. The summed E-state index contributed by atoms with van der Waals surface area (Å²) in [7, 11) is 1.65. The summed E-state index contributed by atoms with van der Waals surface area (Å²) in [5, 5.41) is 11.7. The number of anilines is 1. The van der Waals surface area contributed by atoms with E-state index in [-0.39, 0.29) is 11.6 Å². The van der Waals surface area contributed by atoms with Crippen LogP contribution < -0.4 is 5.32 Å². The highest BCUT2D eigenvalue weighted by Crippen LogP contribution is 2.19. The minimum atomic E-state index is -1.01. The molecule has 1 aromatic rings. The third-order valence-corrected chi connectivity index (χ3v) is 2.66. The van der Waals surface area contributed by atoms with Gasteiger partial charge in [-0.25, -0.2) is 9.59 Å². The molecule has 19 heavy (non-hydrogen) atoms. The number of carboxylic acid groups (broad SMARTS) is 1. The lowest BCUT2D eigenvalue weighted by Crippen LogP contribution is -2.32. The highest BCUT2D eigenvalue weighted by Gasteiger charge is 2.14. The van der Waals surface area contributed by atoms with Gasteiger partial charge in [0, 0.05) is 19.3 Å². The minimum Gasteiger partial charge on any atom is -0.478 e. The van der Waals surface area contributed by atoms with E-state index >= 15 is 0 Å². The number of hydrogen-bond donors (Lipinski definition) is 2. The summed E-state index contributed by atoms with van der Waals surface area (Å²) in [5.41, 5.74) is 2.08. The van der Waals surface area contributed by atoms with Gasteiger partial charge in [0.2, 0.25) is 0 Å².